The van der Waals surface area contributed by atoms with Crippen molar-refractivity contribution < 1.29 is 0 Å². The van der Waals surface area contributed by atoms with Crippen LogP contribution < -0.4 is 11.1 Å². The molecule has 4 heterocycles. The van der Waals surface area contributed by atoms with Crippen molar-refractivity contribution in [1.29, 1.82) is 0 Å². The molecule has 0 aromatic carbocycles. The standard InChI is InChI=1S/C14H16N8/c15-13-11-12(9-4-17-7-18-5-9)21-22(14(11)20-8-19-13)10-2-1-3-16-6-10/h4-5,7-8,10,16H,1-3,6H2,(H2,15,19,20)/t10-/m1/s1. The second-order valence-corrected chi connectivity index (χ2v) is 5.38. The monoisotopic (exact) mass is 296 g/mol. The number of nitrogen functional groups attached to an aromatic ring is 1. The van der Waals surface area contributed by atoms with Crippen LogP contribution >= 0.6 is 0 Å². The number of anilines is 1. The summed E-state index contributed by atoms with van der Waals surface area (Å²) in [5.74, 6) is 0.430. The van der Waals surface area contributed by atoms with E-state index in [1.165, 1.54) is 12.7 Å². The van der Waals surface area contributed by atoms with Gasteiger partial charge in [-0.25, -0.2) is 24.6 Å². The number of hydrogen-bond donors (Lipinski definition) is 2. The highest BCUT2D eigenvalue weighted by Crippen LogP contribution is 2.31. The lowest BCUT2D eigenvalue weighted by molar-refractivity contribution is 0.354. The first-order valence-corrected chi connectivity index (χ1v) is 7.29. The van der Waals surface area contributed by atoms with Gasteiger partial charge in [-0.3, -0.25) is 0 Å². The Labute approximate surface area is 126 Å². The SMILES string of the molecule is Nc1ncnc2c1c(-c1cncnc1)nn2[C@@H]1CCCNC1. The van der Waals surface area contributed by atoms with Gasteiger partial charge in [0.2, 0.25) is 0 Å². The molecule has 1 saturated heterocycles. The van der Waals surface area contributed by atoms with Crippen LogP contribution in [0.3, 0.4) is 0 Å². The van der Waals surface area contributed by atoms with Crippen molar-refractivity contribution in [3.63, 3.8) is 0 Å². The van der Waals surface area contributed by atoms with Crippen LogP contribution in [0.4, 0.5) is 5.82 Å². The second-order valence-electron chi connectivity index (χ2n) is 5.38. The van der Waals surface area contributed by atoms with Crippen LogP contribution in [-0.2, 0) is 0 Å². The summed E-state index contributed by atoms with van der Waals surface area (Å²) >= 11 is 0. The van der Waals surface area contributed by atoms with Gasteiger partial charge in [-0.15, -0.1) is 0 Å². The molecule has 1 aliphatic heterocycles. The first-order chi connectivity index (χ1) is 10.8. The van der Waals surface area contributed by atoms with E-state index in [9.17, 15) is 0 Å². The number of hydrogen-bond acceptors (Lipinski definition) is 7. The molecule has 1 fully saturated rings. The second kappa shape index (κ2) is 5.30. The fourth-order valence-electron chi connectivity index (χ4n) is 2.92. The average molecular weight is 296 g/mol. The van der Waals surface area contributed by atoms with Gasteiger partial charge in [0.15, 0.2) is 5.65 Å². The Hall–Kier alpha value is -2.61. The van der Waals surface area contributed by atoms with Crippen LogP contribution in [0, 0.1) is 0 Å². The number of piperidine rings is 1. The van der Waals surface area contributed by atoms with Gasteiger partial charge in [-0.05, 0) is 19.4 Å². The number of rotatable bonds is 2. The maximum Gasteiger partial charge on any atom is 0.164 e. The molecule has 4 rings (SSSR count). The van der Waals surface area contributed by atoms with E-state index in [1.807, 2.05) is 4.68 Å². The minimum Gasteiger partial charge on any atom is -0.383 e. The van der Waals surface area contributed by atoms with E-state index in [0.717, 1.165) is 48.2 Å². The van der Waals surface area contributed by atoms with Gasteiger partial charge in [0.1, 0.15) is 24.2 Å². The molecule has 1 aliphatic rings. The van der Waals surface area contributed by atoms with Gasteiger partial charge >= 0.3 is 0 Å². The summed E-state index contributed by atoms with van der Waals surface area (Å²) < 4.78 is 1.96. The maximum atomic E-state index is 6.08. The Bertz CT molecular complexity index is 791. The Morgan fingerprint density at radius 2 is 2.05 bits per heavy atom. The van der Waals surface area contributed by atoms with Crippen LogP contribution in [-0.4, -0.2) is 42.8 Å². The third-order valence-corrected chi connectivity index (χ3v) is 3.97. The summed E-state index contributed by atoms with van der Waals surface area (Å²) in [7, 11) is 0. The molecule has 0 amide bonds. The van der Waals surface area contributed by atoms with E-state index in [2.05, 4.69) is 25.3 Å². The predicted octanol–water partition coefficient (Wildman–Crippen LogP) is 0.790. The van der Waals surface area contributed by atoms with Crippen molar-refractivity contribution >= 4 is 16.9 Å². The van der Waals surface area contributed by atoms with E-state index >= 15 is 0 Å². The molecular weight excluding hydrogens is 280 g/mol. The zero-order valence-electron chi connectivity index (χ0n) is 12.0. The van der Waals surface area contributed by atoms with Crippen molar-refractivity contribution in [2.75, 3.05) is 18.8 Å². The van der Waals surface area contributed by atoms with Crippen LogP contribution in [0.25, 0.3) is 22.3 Å². The molecule has 3 aromatic rings. The summed E-state index contributed by atoms with van der Waals surface area (Å²) in [6, 6.07) is 0.268. The van der Waals surface area contributed by atoms with Gasteiger partial charge in [0.05, 0.1) is 11.4 Å². The topological polar surface area (TPSA) is 107 Å². The Morgan fingerprint density at radius 3 is 2.82 bits per heavy atom. The van der Waals surface area contributed by atoms with Gasteiger partial charge in [-0.1, -0.05) is 0 Å². The number of aromatic nitrogens is 6. The molecule has 8 nitrogen and oxygen atoms in total. The van der Waals surface area contributed by atoms with Crippen LogP contribution in [0.15, 0.2) is 25.0 Å². The van der Waals surface area contributed by atoms with E-state index < -0.39 is 0 Å². The number of nitrogens with zero attached hydrogens (tertiary/aromatic N) is 6. The molecule has 1 atom stereocenters. The molecular formula is C14H16N8. The zero-order chi connectivity index (χ0) is 14.9. The lowest BCUT2D eigenvalue weighted by atomic mass is 10.1. The quantitative estimate of drug-likeness (QED) is 0.719. The third-order valence-electron chi connectivity index (χ3n) is 3.97. The summed E-state index contributed by atoms with van der Waals surface area (Å²) in [6.07, 6.45) is 8.62. The van der Waals surface area contributed by atoms with Crippen LogP contribution in [0.5, 0.6) is 0 Å². The summed E-state index contributed by atoms with van der Waals surface area (Å²) in [4.78, 5) is 16.6. The van der Waals surface area contributed by atoms with Gasteiger partial charge in [0, 0.05) is 24.5 Å². The number of nitrogens with one attached hydrogen (secondary N) is 1. The van der Waals surface area contributed by atoms with Gasteiger partial charge in [-0.2, -0.15) is 5.10 Å². The molecule has 3 aromatic heterocycles. The lowest BCUT2D eigenvalue weighted by Crippen LogP contribution is -2.32. The molecule has 0 radical (unpaired) electrons. The van der Waals surface area contributed by atoms with E-state index in [0.29, 0.717) is 5.82 Å². The molecule has 0 bridgehead atoms. The fourth-order valence-corrected chi connectivity index (χ4v) is 2.92. The normalized spacial score (nSPS) is 18.6. The largest absolute Gasteiger partial charge is 0.383 e. The highest BCUT2D eigenvalue weighted by Gasteiger charge is 2.23. The van der Waals surface area contributed by atoms with Crippen LogP contribution in [0.2, 0.25) is 0 Å². The minimum atomic E-state index is 0.268. The average Bonchev–Trinajstić information content (AvgIpc) is 2.98. The minimum absolute atomic E-state index is 0.268. The Balaban J connectivity index is 1.93. The van der Waals surface area contributed by atoms with Crippen molar-refractivity contribution in [1.82, 2.24) is 35.0 Å². The van der Waals surface area contributed by atoms with E-state index in [1.54, 1.807) is 12.4 Å². The summed E-state index contributed by atoms with van der Waals surface area (Å²) in [5.41, 5.74) is 8.39. The van der Waals surface area contributed by atoms with E-state index in [4.69, 9.17) is 10.8 Å². The molecule has 0 spiro atoms. The fraction of sp³-hybridized carbons (Fsp3) is 0.357. The van der Waals surface area contributed by atoms with Crippen molar-refractivity contribution in [3.05, 3.63) is 25.0 Å². The highest BCUT2D eigenvalue weighted by molar-refractivity contribution is 5.98. The maximum absolute atomic E-state index is 6.08. The molecule has 0 saturated carbocycles. The number of nitrogens with two attached hydrogens (primary N) is 1. The lowest BCUT2D eigenvalue weighted by Gasteiger charge is -2.23. The van der Waals surface area contributed by atoms with E-state index in [-0.39, 0.29) is 6.04 Å². The molecule has 112 valence electrons. The first-order valence-electron chi connectivity index (χ1n) is 7.29. The Morgan fingerprint density at radius 1 is 1.18 bits per heavy atom. The van der Waals surface area contributed by atoms with Crippen LogP contribution in [0.1, 0.15) is 18.9 Å². The summed E-state index contributed by atoms with van der Waals surface area (Å²) in [5, 5.41) is 8.93. The molecule has 0 aliphatic carbocycles. The van der Waals surface area contributed by atoms with Crippen molar-refractivity contribution in [3.8, 4) is 11.3 Å². The summed E-state index contributed by atoms with van der Waals surface area (Å²) in [6.45, 7) is 1.93. The van der Waals surface area contributed by atoms with Crippen molar-refractivity contribution in [2.24, 2.45) is 0 Å². The zero-order valence-corrected chi connectivity index (χ0v) is 12.0. The predicted molar refractivity (Wildman–Crippen MR) is 81.9 cm³/mol. The molecule has 0 unspecified atom stereocenters. The first kappa shape index (κ1) is 13.1. The van der Waals surface area contributed by atoms with Crippen molar-refractivity contribution in [2.45, 2.75) is 18.9 Å². The Kier molecular flexibility index (Phi) is 3.15. The number of fused-ring (bicyclic) bond motifs is 1. The van der Waals surface area contributed by atoms with Gasteiger partial charge in [0.25, 0.3) is 0 Å². The molecule has 22 heavy (non-hydrogen) atoms. The highest BCUT2D eigenvalue weighted by atomic mass is 15.3. The smallest absolute Gasteiger partial charge is 0.164 e. The molecule has 3 N–H and O–H groups in total. The molecule has 8 heteroatoms. The van der Waals surface area contributed by atoms with Gasteiger partial charge < -0.3 is 11.1 Å². The third kappa shape index (κ3) is 2.08.